The van der Waals surface area contributed by atoms with E-state index in [2.05, 4.69) is 5.32 Å². The monoisotopic (exact) mass is 525 g/mol. The van der Waals surface area contributed by atoms with Crippen molar-refractivity contribution in [1.29, 1.82) is 5.41 Å². The predicted octanol–water partition coefficient (Wildman–Crippen LogP) is 0.563. The largest absolute Gasteiger partial charge is 0.510 e. The first-order valence-corrected chi connectivity index (χ1v) is 12.5. The number of ketones is 2. The quantitative estimate of drug-likeness (QED) is 0.127. The molecule has 1 heterocycles. The number of hydrogen-bond donors (Lipinski definition) is 7. The fourth-order valence-corrected chi connectivity index (χ4v) is 6.52. The minimum Gasteiger partial charge on any atom is -0.510 e. The van der Waals surface area contributed by atoms with Crippen molar-refractivity contribution in [1.82, 2.24) is 9.80 Å². The maximum absolute atomic E-state index is 13.7. The molecule has 12 heteroatoms. The van der Waals surface area contributed by atoms with E-state index in [1.165, 1.54) is 11.0 Å². The number of aliphatic hydroxyl groups excluding tert-OH is 2. The topological polar surface area (TPSA) is 201 Å². The Hall–Kier alpha value is -3.90. The summed E-state index contributed by atoms with van der Waals surface area (Å²) in [6.45, 7) is 1.47. The number of benzene rings is 1. The van der Waals surface area contributed by atoms with E-state index in [0.29, 0.717) is 11.3 Å². The molecule has 0 bridgehead atoms. The minimum absolute atomic E-state index is 0.00439. The number of amides is 1. The van der Waals surface area contributed by atoms with Crippen LogP contribution in [0.25, 0.3) is 0 Å². The molecule has 0 aromatic heterocycles. The number of carbonyl (C=O) groups excluding carboxylic acids is 3. The number of likely N-dealkylation sites (tertiary alicyclic amines) is 1. The standard InChI is InChI=1S/C26H31N5O7/c1-30(2)19-13-10-11-9-12-14(29-25(28)31-7-3-4-8-31)5-6-15(32)17(12)20(33)16(11)22(35)26(13,38)23(36)18(21(19)34)24(27)37/h5-6,11,13,19,32,34-35,38H,3-4,7-10H2,1-2H3,(H2,27,37)(H2,28,29). The van der Waals surface area contributed by atoms with Crippen LogP contribution in [0.4, 0.5) is 5.69 Å². The van der Waals surface area contributed by atoms with Gasteiger partial charge in [-0.3, -0.25) is 24.7 Å². The number of aromatic hydroxyl groups is 1. The van der Waals surface area contributed by atoms with E-state index in [9.17, 15) is 34.8 Å². The molecule has 0 radical (unpaired) electrons. The Bertz CT molecular complexity index is 1340. The van der Waals surface area contributed by atoms with Gasteiger partial charge in [0.2, 0.25) is 5.78 Å². The molecule has 4 atom stereocenters. The van der Waals surface area contributed by atoms with Crippen LogP contribution >= 0.6 is 0 Å². The zero-order chi connectivity index (χ0) is 27.7. The number of nitrogens with two attached hydrogens (primary N) is 1. The van der Waals surface area contributed by atoms with Crippen LogP contribution in [0.5, 0.6) is 5.75 Å². The zero-order valence-corrected chi connectivity index (χ0v) is 21.1. The number of hydrogen-bond acceptors (Lipinski definition) is 9. The summed E-state index contributed by atoms with van der Waals surface area (Å²) in [4.78, 5) is 42.5. The van der Waals surface area contributed by atoms with E-state index in [1.54, 1.807) is 20.2 Å². The number of guanidine groups is 1. The number of rotatable bonds is 3. The summed E-state index contributed by atoms with van der Waals surface area (Å²) in [5.41, 5.74) is 2.44. The van der Waals surface area contributed by atoms with Gasteiger partial charge < -0.3 is 36.4 Å². The predicted molar refractivity (Wildman–Crippen MR) is 136 cm³/mol. The highest BCUT2D eigenvalue weighted by Gasteiger charge is 2.63. The summed E-state index contributed by atoms with van der Waals surface area (Å²) in [6.07, 6.45) is 2.10. The molecule has 1 saturated heterocycles. The van der Waals surface area contributed by atoms with Gasteiger partial charge in [0.15, 0.2) is 17.3 Å². The van der Waals surface area contributed by atoms with E-state index in [-0.39, 0.29) is 35.7 Å². The summed E-state index contributed by atoms with van der Waals surface area (Å²) in [5.74, 6) is -6.75. The second-order valence-corrected chi connectivity index (χ2v) is 10.6. The van der Waals surface area contributed by atoms with Crippen molar-refractivity contribution < 1.29 is 34.8 Å². The number of phenols is 1. The van der Waals surface area contributed by atoms with Crippen LogP contribution in [0, 0.1) is 17.2 Å². The Labute approximate surface area is 218 Å². The molecule has 202 valence electrons. The van der Waals surface area contributed by atoms with E-state index in [4.69, 9.17) is 11.1 Å². The van der Waals surface area contributed by atoms with Crippen molar-refractivity contribution >= 4 is 29.1 Å². The van der Waals surface area contributed by atoms with Gasteiger partial charge in [-0.1, -0.05) is 0 Å². The van der Waals surface area contributed by atoms with E-state index < -0.39 is 58.0 Å². The lowest BCUT2D eigenvalue weighted by Crippen LogP contribution is -2.63. The van der Waals surface area contributed by atoms with Gasteiger partial charge in [-0.2, -0.15) is 0 Å². The third-order valence-electron chi connectivity index (χ3n) is 8.28. The SMILES string of the molecule is CN(C)C1C(O)=C(C(N)=O)C(=O)C2(O)C(O)=C3C(=O)c4c(O)ccc(NC(=N)N5CCCC5)c4CC3CC12. The van der Waals surface area contributed by atoms with Gasteiger partial charge >= 0.3 is 0 Å². The third-order valence-corrected chi connectivity index (χ3v) is 8.28. The highest BCUT2D eigenvalue weighted by atomic mass is 16.3. The molecule has 5 rings (SSSR count). The minimum atomic E-state index is -2.67. The molecule has 0 spiro atoms. The number of aliphatic hydroxyl groups is 3. The van der Waals surface area contributed by atoms with Gasteiger partial charge in [0.25, 0.3) is 5.91 Å². The summed E-state index contributed by atoms with van der Waals surface area (Å²) in [6, 6.07) is 1.85. The van der Waals surface area contributed by atoms with Crippen LogP contribution in [0.2, 0.25) is 0 Å². The fraction of sp³-hybridized carbons (Fsp3) is 0.462. The molecule has 1 fully saturated rings. The van der Waals surface area contributed by atoms with E-state index >= 15 is 0 Å². The lowest BCUT2D eigenvalue weighted by molar-refractivity contribution is -0.148. The van der Waals surface area contributed by atoms with Crippen LogP contribution < -0.4 is 11.1 Å². The van der Waals surface area contributed by atoms with Crippen molar-refractivity contribution in [3.8, 4) is 5.75 Å². The third kappa shape index (κ3) is 3.51. The average molecular weight is 526 g/mol. The molecule has 12 nitrogen and oxygen atoms in total. The summed E-state index contributed by atoms with van der Waals surface area (Å²) >= 11 is 0. The number of anilines is 1. The van der Waals surface area contributed by atoms with Crippen molar-refractivity contribution in [2.45, 2.75) is 37.3 Å². The van der Waals surface area contributed by atoms with Crippen LogP contribution in [-0.2, 0) is 16.0 Å². The van der Waals surface area contributed by atoms with E-state index in [0.717, 1.165) is 25.9 Å². The smallest absolute Gasteiger partial charge is 0.255 e. The second-order valence-electron chi connectivity index (χ2n) is 10.6. The number of Topliss-reactive ketones (excluding diaryl/α,β-unsaturated/α-hetero) is 2. The Kier molecular flexibility index (Phi) is 5.99. The highest BCUT2D eigenvalue weighted by Crippen LogP contribution is 2.52. The van der Waals surface area contributed by atoms with Crippen molar-refractivity contribution in [2.75, 3.05) is 32.5 Å². The number of nitrogens with zero attached hydrogens (tertiary/aromatic N) is 2. The summed E-state index contributed by atoms with van der Waals surface area (Å²) in [7, 11) is 3.16. The molecular weight excluding hydrogens is 494 g/mol. The lowest BCUT2D eigenvalue weighted by Gasteiger charge is -2.50. The molecule has 0 saturated carbocycles. The van der Waals surface area contributed by atoms with Crippen LogP contribution in [0.3, 0.4) is 0 Å². The first-order chi connectivity index (χ1) is 17.9. The Morgan fingerprint density at radius 1 is 1.18 bits per heavy atom. The zero-order valence-electron chi connectivity index (χ0n) is 21.1. The normalized spacial score (nSPS) is 28.8. The Morgan fingerprint density at radius 3 is 2.45 bits per heavy atom. The van der Waals surface area contributed by atoms with Crippen molar-refractivity contribution in [2.24, 2.45) is 17.6 Å². The van der Waals surface area contributed by atoms with Crippen LogP contribution in [0.1, 0.15) is 35.2 Å². The van der Waals surface area contributed by atoms with Crippen LogP contribution in [-0.4, -0.2) is 92.5 Å². The fourth-order valence-electron chi connectivity index (χ4n) is 6.52. The molecule has 4 aliphatic rings. The maximum atomic E-state index is 13.7. The number of primary amides is 1. The molecular formula is C26H31N5O7. The molecule has 3 aliphatic carbocycles. The van der Waals surface area contributed by atoms with E-state index in [1.807, 2.05) is 4.90 Å². The summed E-state index contributed by atoms with van der Waals surface area (Å²) in [5, 5.41) is 56.0. The number of likely N-dealkylation sites (N-methyl/N-ethyl adjacent to an activating group) is 1. The van der Waals surface area contributed by atoms with Crippen molar-refractivity contribution in [3.05, 3.63) is 45.9 Å². The molecule has 1 aliphatic heterocycles. The van der Waals surface area contributed by atoms with Gasteiger partial charge in [-0.15, -0.1) is 0 Å². The molecule has 4 unspecified atom stereocenters. The van der Waals surface area contributed by atoms with Gasteiger partial charge in [0.05, 0.1) is 11.6 Å². The van der Waals surface area contributed by atoms with Gasteiger partial charge in [-0.25, -0.2) is 0 Å². The molecule has 38 heavy (non-hydrogen) atoms. The maximum Gasteiger partial charge on any atom is 0.255 e. The number of allylic oxidation sites excluding steroid dienone is 1. The Morgan fingerprint density at radius 2 is 1.84 bits per heavy atom. The van der Waals surface area contributed by atoms with Crippen molar-refractivity contribution in [3.63, 3.8) is 0 Å². The number of nitrogens with one attached hydrogen (secondary N) is 2. The number of carbonyl (C=O) groups is 3. The Balaban J connectivity index is 1.63. The van der Waals surface area contributed by atoms with Gasteiger partial charge in [0.1, 0.15) is 22.8 Å². The van der Waals surface area contributed by atoms with Gasteiger partial charge in [-0.05, 0) is 63.4 Å². The van der Waals surface area contributed by atoms with Gasteiger partial charge in [0, 0.05) is 30.3 Å². The highest BCUT2D eigenvalue weighted by molar-refractivity contribution is 6.25. The average Bonchev–Trinajstić information content (AvgIpc) is 3.38. The first-order valence-electron chi connectivity index (χ1n) is 12.5. The molecule has 1 amide bonds. The number of fused-ring (bicyclic) bond motifs is 3. The summed E-state index contributed by atoms with van der Waals surface area (Å²) < 4.78 is 0. The first kappa shape index (κ1) is 25.7. The van der Waals surface area contributed by atoms with Crippen LogP contribution in [0.15, 0.2) is 34.8 Å². The molecule has 8 N–H and O–H groups in total. The molecule has 1 aromatic carbocycles. The second kappa shape index (κ2) is 8.84. The lowest BCUT2D eigenvalue weighted by atomic mass is 9.58. The molecule has 1 aromatic rings. The number of phenolic OH excluding ortho intramolecular Hbond substituents is 1.